The molecule has 0 aliphatic carbocycles. The normalized spacial score (nSPS) is 12.2. The summed E-state index contributed by atoms with van der Waals surface area (Å²) in [5.74, 6) is -1.50. The topological polar surface area (TPSA) is 81.8 Å². The zero-order valence-corrected chi connectivity index (χ0v) is 11.1. The first-order valence-corrected chi connectivity index (χ1v) is 5.14. The summed E-state index contributed by atoms with van der Waals surface area (Å²) in [6, 6.07) is 1.88. The maximum atomic E-state index is 12.0. The molecule has 1 atom stereocenters. The van der Waals surface area contributed by atoms with Crippen LogP contribution in [0.4, 0.5) is 13.2 Å². The number of nitrogens with two attached hydrogens (primary N) is 1. The van der Waals surface area contributed by atoms with Gasteiger partial charge in [0.2, 0.25) is 0 Å². The highest BCUT2D eigenvalue weighted by Crippen LogP contribution is 2.31. The Balaban J connectivity index is 0.00000361. The lowest BCUT2D eigenvalue weighted by Crippen LogP contribution is -2.19. The van der Waals surface area contributed by atoms with Crippen LogP contribution in [-0.4, -0.2) is 24.5 Å². The lowest BCUT2D eigenvalue weighted by atomic mass is 10.0. The van der Waals surface area contributed by atoms with Gasteiger partial charge in [-0.25, -0.2) is 0 Å². The summed E-state index contributed by atoms with van der Waals surface area (Å²) in [6.07, 6.45) is -5.12. The van der Waals surface area contributed by atoms with E-state index in [2.05, 4.69) is 9.47 Å². The monoisotopic (exact) mass is 315 g/mol. The molecule has 0 spiro atoms. The van der Waals surface area contributed by atoms with Crippen LogP contribution >= 0.6 is 12.4 Å². The molecule has 0 aromatic heterocycles. The number of benzene rings is 1. The fourth-order valence-electron chi connectivity index (χ4n) is 1.40. The second kappa shape index (κ2) is 7.20. The largest absolute Gasteiger partial charge is 0.573 e. The van der Waals surface area contributed by atoms with E-state index in [1.807, 2.05) is 0 Å². The standard InChI is InChI=1S/C11H12F3NO4.ClH/c1-18-10(17)5-8(15)7-4-6(2-3-9(7)16)19-11(12,13)14;/h2-4,8,16H,5,15H2,1H3;1H/t8-;/m0./s1. The zero-order chi connectivity index (χ0) is 14.6. The summed E-state index contributed by atoms with van der Waals surface area (Å²) in [4.78, 5) is 11.0. The minimum absolute atomic E-state index is 0. The smallest absolute Gasteiger partial charge is 0.508 e. The van der Waals surface area contributed by atoms with Crippen molar-refractivity contribution < 1.29 is 32.5 Å². The van der Waals surface area contributed by atoms with Gasteiger partial charge in [0.1, 0.15) is 11.5 Å². The number of alkyl halides is 3. The van der Waals surface area contributed by atoms with Gasteiger partial charge < -0.3 is 20.3 Å². The molecule has 0 heterocycles. The van der Waals surface area contributed by atoms with Crippen molar-refractivity contribution in [1.29, 1.82) is 0 Å². The lowest BCUT2D eigenvalue weighted by molar-refractivity contribution is -0.274. The minimum Gasteiger partial charge on any atom is -0.508 e. The van der Waals surface area contributed by atoms with Crippen LogP contribution in [0, 0.1) is 0 Å². The van der Waals surface area contributed by atoms with Crippen molar-refractivity contribution in [2.75, 3.05) is 7.11 Å². The third kappa shape index (κ3) is 5.54. The van der Waals surface area contributed by atoms with Gasteiger partial charge in [-0.2, -0.15) is 0 Å². The summed E-state index contributed by atoms with van der Waals surface area (Å²) in [7, 11) is 1.15. The van der Waals surface area contributed by atoms with Gasteiger partial charge in [-0.15, -0.1) is 25.6 Å². The summed E-state index contributed by atoms with van der Waals surface area (Å²) < 4.78 is 44.2. The molecule has 20 heavy (non-hydrogen) atoms. The second-order valence-corrected chi connectivity index (χ2v) is 3.66. The maximum absolute atomic E-state index is 12.0. The van der Waals surface area contributed by atoms with E-state index in [4.69, 9.17) is 5.73 Å². The van der Waals surface area contributed by atoms with Crippen LogP contribution in [0.1, 0.15) is 18.0 Å². The predicted molar refractivity (Wildman–Crippen MR) is 65.6 cm³/mol. The lowest BCUT2D eigenvalue weighted by Gasteiger charge is -2.15. The number of halogens is 4. The number of phenolic OH excluding ortho intramolecular Hbond substituents is 1. The Morgan fingerprint density at radius 1 is 1.45 bits per heavy atom. The highest BCUT2D eigenvalue weighted by Gasteiger charge is 2.31. The molecule has 0 aliphatic rings. The third-order valence-corrected chi connectivity index (χ3v) is 2.25. The van der Waals surface area contributed by atoms with Crippen LogP contribution in [0.15, 0.2) is 18.2 Å². The molecule has 0 bridgehead atoms. The molecule has 0 radical (unpaired) electrons. The molecule has 5 nitrogen and oxygen atoms in total. The average molecular weight is 316 g/mol. The number of rotatable bonds is 4. The van der Waals surface area contributed by atoms with Crippen LogP contribution < -0.4 is 10.5 Å². The Hall–Kier alpha value is -1.67. The Labute approximate surface area is 118 Å². The van der Waals surface area contributed by atoms with Gasteiger partial charge in [0.25, 0.3) is 0 Å². The molecule has 1 rings (SSSR count). The summed E-state index contributed by atoms with van der Waals surface area (Å²) >= 11 is 0. The molecular formula is C11H13ClF3NO4. The minimum atomic E-state index is -4.85. The first kappa shape index (κ1) is 18.3. The molecule has 1 aromatic rings. The van der Waals surface area contributed by atoms with Crippen molar-refractivity contribution >= 4 is 18.4 Å². The Kier molecular flexibility index (Phi) is 6.60. The first-order chi connectivity index (χ1) is 8.73. The molecule has 3 N–H and O–H groups in total. The van der Waals surface area contributed by atoms with E-state index in [1.54, 1.807) is 0 Å². The van der Waals surface area contributed by atoms with Crippen molar-refractivity contribution in [2.45, 2.75) is 18.8 Å². The molecule has 114 valence electrons. The zero-order valence-electron chi connectivity index (χ0n) is 10.3. The van der Waals surface area contributed by atoms with Crippen LogP contribution in [-0.2, 0) is 9.53 Å². The van der Waals surface area contributed by atoms with Gasteiger partial charge >= 0.3 is 12.3 Å². The van der Waals surface area contributed by atoms with Crippen LogP contribution in [0.2, 0.25) is 0 Å². The second-order valence-electron chi connectivity index (χ2n) is 3.66. The van der Waals surface area contributed by atoms with Crippen molar-refractivity contribution in [3.63, 3.8) is 0 Å². The molecule has 9 heteroatoms. The van der Waals surface area contributed by atoms with Gasteiger partial charge in [-0.05, 0) is 18.2 Å². The third-order valence-electron chi connectivity index (χ3n) is 2.25. The van der Waals surface area contributed by atoms with Gasteiger partial charge in [-0.3, -0.25) is 4.79 Å². The van der Waals surface area contributed by atoms with E-state index in [1.165, 1.54) is 0 Å². The fraction of sp³-hybridized carbons (Fsp3) is 0.364. The molecule has 1 aromatic carbocycles. The molecule has 0 unspecified atom stereocenters. The number of aromatic hydroxyl groups is 1. The van der Waals surface area contributed by atoms with Gasteiger partial charge in [0.15, 0.2) is 0 Å². The maximum Gasteiger partial charge on any atom is 0.573 e. The van der Waals surface area contributed by atoms with E-state index in [0.29, 0.717) is 0 Å². The Morgan fingerprint density at radius 2 is 2.05 bits per heavy atom. The number of hydrogen-bond donors (Lipinski definition) is 2. The molecule has 0 amide bonds. The predicted octanol–water partition coefficient (Wildman–Crippen LogP) is 2.28. The molecule has 0 saturated heterocycles. The molecular weight excluding hydrogens is 303 g/mol. The van der Waals surface area contributed by atoms with Crippen molar-refractivity contribution in [2.24, 2.45) is 5.73 Å². The number of hydrogen-bond acceptors (Lipinski definition) is 5. The van der Waals surface area contributed by atoms with Crippen molar-refractivity contribution in [3.05, 3.63) is 23.8 Å². The number of methoxy groups -OCH3 is 1. The summed E-state index contributed by atoms with van der Waals surface area (Å²) in [6.45, 7) is 0. The van der Waals surface area contributed by atoms with Gasteiger partial charge in [-0.1, -0.05) is 0 Å². The van der Waals surface area contributed by atoms with Crippen molar-refractivity contribution in [1.82, 2.24) is 0 Å². The highest BCUT2D eigenvalue weighted by molar-refractivity contribution is 5.85. The number of carbonyl (C=O) groups excluding carboxylic acids is 1. The SMILES string of the molecule is COC(=O)C[C@H](N)c1cc(OC(F)(F)F)ccc1O.Cl. The van der Waals surface area contributed by atoms with E-state index in [0.717, 1.165) is 25.3 Å². The van der Waals surface area contributed by atoms with Crippen LogP contribution in [0.5, 0.6) is 11.5 Å². The summed E-state index contributed by atoms with van der Waals surface area (Å²) in [5, 5.41) is 9.52. The Morgan fingerprint density at radius 3 is 2.55 bits per heavy atom. The summed E-state index contributed by atoms with van der Waals surface area (Å²) in [5.41, 5.74) is 5.57. The number of ether oxygens (including phenoxy) is 2. The molecule has 0 fully saturated rings. The number of esters is 1. The quantitative estimate of drug-likeness (QED) is 0.833. The van der Waals surface area contributed by atoms with E-state index >= 15 is 0 Å². The van der Waals surface area contributed by atoms with E-state index in [9.17, 15) is 23.1 Å². The molecule has 0 saturated carbocycles. The first-order valence-electron chi connectivity index (χ1n) is 5.14. The highest BCUT2D eigenvalue weighted by atomic mass is 35.5. The number of phenols is 1. The number of carbonyl (C=O) groups is 1. The Bertz CT molecular complexity index is 467. The molecule has 0 aliphatic heterocycles. The van der Waals surface area contributed by atoms with Crippen LogP contribution in [0.25, 0.3) is 0 Å². The fourth-order valence-corrected chi connectivity index (χ4v) is 1.40. The average Bonchev–Trinajstić information content (AvgIpc) is 2.29. The van der Waals surface area contributed by atoms with E-state index in [-0.39, 0.29) is 30.1 Å². The van der Waals surface area contributed by atoms with E-state index < -0.39 is 24.1 Å². The van der Waals surface area contributed by atoms with Crippen LogP contribution in [0.3, 0.4) is 0 Å². The van der Waals surface area contributed by atoms with Gasteiger partial charge in [0, 0.05) is 11.6 Å². The van der Waals surface area contributed by atoms with Crippen molar-refractivity contribution in [3.8, 4) is 11.5 Å². The van der Waals surface area contributed by atoms with Gasteiger partial charge in [0.05, 0.1) is 13.5 Å².